The summed E-state index contributed by atoms with van der Waals surface area (Å²) in [6.07, 6.45) is 3.93. The zero-order valence-electron chi connectivity index (χ0n) is 14.4. The van der Waals surface area contributed by atoms with E-state index in [0.29, 0.717) is 31.4 Å². The first-order valence-corrected chi connectivity index (χ1v) is 8.82. The number of ether oxygens (including phenoxy) is 1. The molecule has 1 aromatic rings. The van der Waals surface area contributed by atoms with Crippen molar-refractivity contribution < 1.29 is 9.53 Å². The minimum Gasteiger partial charge on any atom is -0.494 e. The molecule has 0 radical (unpaired) electrons. The van der Waals surface area contributed by atoms with Crippen LogP contribution in [-0.4, -0.2) is 32.1 Å². The van der Waals surface area contributed by atoms with Gasteiger partial charge in [0.05, 0.1) is 6.61 Å². The summed E-state index contributed by atoms with van der Waals surface area (Å²) >= 11 is 0. The van der Waals surface area contributed by atoms with Crippen LogP contribution < -0.4 is 15.4 Å². The van der Waals surface area contributed by atoms with Gasteiger partial charge in [0.1, 0.15) is 5.75 Å². The first-order valence-electron chi connectivity index (χ1n) is 8.82. The average molecular weight is 318 g/mol. The molecular formula is C19H30N2O2. The Morgan fingerprint density at radius 2 is 2.17 bits per heavy atom. The lowest BCUT2D eigenvalue weighted by atomic mass is 9.85. The maximum atomic E-state index is 12.0. The second-order valence-electron chi connectivity index (χ2n) is 6.65. The summed E-state index contributed by atoms with van der Waals surface area (Å²) < 4.78 is 5.66. The van der Waals surface area contributed by atoms with Gasteiger partial charge in [0.2, 0.25) is 5.91 Å². The summed E-state index contributed by atoms with van der Waals surface area (Å²) in [5.41, 5.74) is 1.23. The summed E-state index contributed by atoms with van der Waals surface area (Å²) in [5.74, 6) is 2.14. The van der Waals surface area contributed by atoms with Crippen molar-refractivity contribution in [2.45, 2.75) is 39.5 Å². The van der Waals surface area contributed by atoms with Crippen molar-refractivity contribution in [2.75, 3.05) is 26.2 Å². The Bertz CT molecular complexity index is 467. The number of aryl methyl sites for hydroxylation is 1. The third kappa shape index (κ3) is 6.61. The van der Waals surface area contributed by atoms with Gasteiger partial charge in [-0.3, -0.25) is 4.79 Å². The highest BCUT2D eigenvalue weighted by Gasteiger charge is 2.21. The van der Waals surface area contributed by atoms with Crippen LogP contribution in [0.4, 0.5) is 0 Å². The van der Waals surface area contributed by atoms with Crippen LogP contribution in [0.1, 0.15) is 38.2 Å². The van der Waals surface area contributed by atoms with E-state index in [4.69, 9.17) is 4.74 Å². The molecule has 0 aliphatic carbocycles. The number of carbonyl (C=O) groups is 1. The molecule has 23 heavy (non-hydrogen) atoms. The first kappa shape index (κ1) is 17.8. The number of piperidine rings is 1. The Kier molecular flexibility index (Phi) is 7.40. The largest absolute Gasteiger partial charge is 0.494 e. The fraction of sp³-hybridized carbons (Fsp3) is 0.632. The molecule has 1 aliphatic heterocycles. The molecule has 2 unspecified atom stereocenters. The SMILES string of the molecule is Cc1ccc(OCCCNC(=O)CC(C)C2CCCNC2)cc1. The fourth-order valence-electron chi connectivity index (χ4n) is 3.02. The molecule has 0 bridgehead atoms. The summed E-state index contributed by atoms with van der Waals surface area (Å²) in [5, 5.41) is 6.43. The van der Waals surface area contributed by atoms with Crippen LogP contribution in [0.5, 0.6) is 5.75 Å². The van der Waals surface area contributed by atoms with Crippen LogP contribution in [0.15, 0.2) is 24.3 Å². The predicted octanol–water partition coefficient (Wildman–Crippen LogP) is 2.91. The molecule has 1 saturated heterocycles. The highest BCUT2D eigenvalue weighted by molar-refractivity contribution is 5.76. The lowest BCUT2D eigenvalue weighted by molar-refractivity contribution is -0.122. The van der Waals surface area contributed by atoms with E-state index in [1.165, 1.54) is 18.4 Å². The molecule has 4 nitrogen and oxygen atoms in total. The molecule has 1 heterocycles. The molecule has 0 spiro atoms. The van der Waals surface area contributed by atoms with E-state index in [9.17, 15) is 4.79 Å². The lowest BCUT2D eigenvalue weighted by Crippen LogP contribution is -2.35. The van der Waals surface area contributed by atoms with Crippen molar-refractivity contribution in [1.82, 2.24) is 10.6 Å². The third-order valence-electron chi connectivity index (χ3n) is 4.58. The van der Waals surface area contributed by atoms with Gasteiger partial charge in [-0.2, -0.15) is 0 Å². The monoisotopic (exact) mass is 318 g/mol. The zero-order chi connectivity index (χ0) is 16.5. The summed E-state index contributed by atoms with van der Waals surface area (Å²) in [6, 6.07) is 8.04. The molecule has 2 atom stereocenters. The molecule has 1 amide bonds. The summed E-state index contributed by atoms with van der Waals surface area (Å²) in [6.45, 7) is 7.74. The van der Waals surface area contributed by atoms with E-state index in [2.05, 4.69) is 24.5 Å². The van der Waals surface area contributed by atoms with Crippen LogP contribution in [0.3, 0.4) is 0 Å². The normalized spacial score (nSPS) is 19.1. The van der Waals surface area contributed by atoms with Crippen molar-refractivity contribution in [2.24, 2.45) is 11.8 Å². The van der Waals surface area contributed by atoms with E-state index < -0.39 is 0 Å². The van der Waals surface area contributed by atoms with Gasteiger partial charge in [0, 0.05) is 13.0 Å². The Hall–Kier alpha value is -1.55. The Morgan fingerprint density at radius 3 is 2.87 bits per heavy atom. The third-order valence-corrected chi connectivity index (χ3v) is 4.58. The van der Waals surface area contributed by atoms with E-state index in [1.54, 1.807) is 0 Å². The van der Waals surface area contributed by atoms with Gasteiger partial charge in [-0.05, 0) is 63.2 Å². The van der Waals surface area contributed by atoms with Crippen molar-refractivity contribution in [3.63, 3.8) is 0 Å². The molecule has 0 saturated carbocycles. The summed E-state index contributed by atoms with van der Waals surface area (Å²) in [7, 11) is 0. The summed E-state index contributed by atoms with van der Waals surface area (Å²) in [4.78, 5) is 12.0. The second kappa shape index (κ2) is 9.56. The molecule has 1 aliphatic rings. The topological polar surface area (TPSA) is 50.4 Å². The van der Waals surface area contributed by atoms with Gasteiger partial charge in [0.15, 0.2) is 0 Å². The molecule has 4 heteroatoms. The maximum absolute atomic E-state index is 12.0. The minimum atomic E-state index is 0.165. The van der Waals surface area contributed by atoms with Crippen molar-refractivity contribution in [3.05, 3.63) is 29.8 Å². The molecule has 1 fully saturated rings. The lowest BCUT2D eigenvalue weighted by Gasteiger charge is -2.28. The fourth-order valence-corrected chi connectivity index (χ4v) is 3.02. The molecule has 2 rings (SSSR count). The number of carbonyl (C=O) groups excluding carboxylic acids is 1. The molecule has 1 aromatic carbocycles. The molecule has 128 valence electrons. The van der Waals surface area contributed by atoms with Crippen LogP contribution in [-0.2, 0) is 4.79 Å². The highest BCUT2D eigenvalue weighted by atomic mass is 16.5. The molecule has 2 N–H and O–H groups in total. The quantitative estimate of drug-likeness (QED) is 0.725. The van der Waals surface area contributed by atoms with Crippen molar-refractivity contribution in [1.29, 1.82) is 0 Å². The van der Waals surface area contributed by atoms with E-state index in [-0.39, 0.29) is 5.91 Å². The van der Waals surface area contributed by atoms with Crippen molar-refractivity contribution in [3.8, 4) is 5.75 Å². The number of hydrogen-bond donors (Lipinski definition) is 2. The Morgan fingerprint density at radius 1 is 1.39 bits per heavy atom. The smallest absolute Gasteiger partial charge is 0.220 e. The minimum absolute atomic E-state index is 0.165. The van der Waals surface area contributed by atoms with Gasteiger partial charge < -0.3 is 15.4 Å². The van der Waals surface area contributed by atoms with Crippen molar-refractivity contribution >= 4 is 5.91 Å². The van der Waals surface area contributed by atoms with Gasteiger partial charge in [0.25, 0.3) is 0 Å². The van der Waals surface area contributed by atoms with Crippen LogP contribution in [0.25, 0.3) is 0 Å². The Labute approximate surface area is 140 Å². The first-order chi connectivity index (χ1) is 11.1. The molecular weight excluding hydrogens is 288 g/mol. The second-order valence-corrected chi connectivity index (χ2v) is 6.65. The number of nitrogens with one attached hydrogen (secondary N) is 2. The van der Waals surface area contributed by atoms with Gasteiger partial charge in [-0.15, -0.1) is 0 Å². The number of benzene rings is 1. The standard InChI is InChI=1S/C19H30N2O2/c1-15-6-8-18(9-7-15)23-12-4-11-21-19(22)13-16(2)17-5-3-10-20-14-17/h6-9,16-17,20H,3-5,10-14H2,1-2H3,(H,21,22). The maximum Gasteiger partial charge on any atom is 0.220 e. The number of hydrogen-bond acceptors (Lipinski definition) is 3. The Balaban J connectivity index is 1.54. The van der Waals surface area contributed by atoms with Gasteiger partial charge >= 0.3 is 0 Å². The van der Waals surface area contributed by atoms with E-state index in [0.717, 1.165) is 25.3 Å². The van der Waals surface area contributed by atoms with Crippen LogP contribution in [0.2, 0.25) is 0 Å². The van der Waals surface area contributed by atoms with Crippen LogP contribution >= 0.6 is 0 Å². The van der Waals surface area contributed by atoms with Gasteiger partial charge in [-0.1, -0.05) is 24.6 Å². The zero-order valence-corrected chi connectivity index (χ0v) is 14.4. The van der Waals surface area contributed by atoms with Gasteiger partial charge in [-0.25, -0.2) is 0 Å². The highest BCUT2D eigenvalue weighted by Crippen LogP contribution is 2.22. The van der Waals surface area contributed by atoms with E-state index in [1.807, 2.05) is 24.3 Å². The molecule has 0 aromatic heterocycles. The predicted molar refractivity (Wildman–Crippen MR) is 93.7 cm³/mol. The van der Waals surface area contributed by atoms with Crippen LogP contribution in [0, 0.1) is 18.8 Å². The van der Waals surface area contributed by atoms with E-state index >= 15 is 0 Å². The average Bonchev–Trinajstić information content (AvgIpc) is 2.57. The number of rotatable bonds is 8. The number of amides is 1.